The lowest BCUT2D eigenvalue weighted by Crippen LogP contribution is -2.32. The second-order valence-corrected chi connectivity index (χ2v) is 5.29. The Bertz CT molecular complexity index is 476. The second kappa shape index (κ2) is 4.75. The molecule has 0 aliphatic heterocycles. The van der Waals surface area contributed by atoms with Gasteiger partial charge in [-0.25, -0.2) is 17.2 Å². The van der Waals surface area contributed by atoms with Gasteiger partial charge < -0.3 is 5.73 Å². The van der Waals surface area contributed by atoms with Crippen molar-refractivity contribution in [3.8, 4) is 0 Å². The molecular weight excluding hydrogens is 238 g/mol. The summed E-state index contributed by atoms with van der Waals surface area (Å²) in [6, 6.07) is 2.88. The highest BCUT2D eigenvalue weighted by Gasteiger charge is 2.18. The van der Waals surface area contributed by atoms with E-state index in [0.29, 0.717) is 0 Å². The molecule has 0 fully saturated rings. The Morgan fingerprint density at radius 2 is 1.94 bits per heavy atom. The predicted molar refractivity (Wildman–Crippen MR) is 57.6 cm³/mol. The fraction of sp³-hybridized carbons (Fsp3) is 0.333. The lowest BCUT2D eigenvalue weighted by atomic mass is 10.3. The zero-order chi connectivity index (χ0) is 12.3. The number of rotatable bonds is 4. The van der Waals surface area contributed by atoms with Crippen molar-refractivity contribution < 1.29 is 17.2 Å². The van der Waals surface area contributed by atoms with E-state index in [-0.39, 0.29) is 18.0 Å². The maximum Gasteiger partial charge on any atom is 0.236 e. The Kier molecular flexibility index (Phi) is 3.82. The monoisotopic (exact) mass is 250 g/mol. The Labute approximate surface area is 92.7 Å². The van der Waals surface area contributed by atoms with Crippen LogP contribution in [0.1, 0.15) is 0 Å². The first-order chi connectivity index (χ1) is 7.38. The molecule has 1 aromatic carbocycles. The maximum atomic E-state index is 12.9. The summed E-state index contributed by atoms with van der Waals surface area (Å²) in [4.78, 5) is 0. The summed E-state index contributed by atoms with van der Waals surface area (Å²) in [5.41, 5.74) is 5.21. The molecule has 4 nitrogen and oxygen atoms in total. The number of nitrogens with zero attached hydrogens (tertiary/aromatic N) is 1. The highest BCUT2D eigenvalue weighted by molar-refractivity contribution is 7.92. The van der Waals surface area contributed by atoms with Crippen LogP contribution in [0.4, 0.5) is 14.5 Å². The quantitative estimate of drug-likeness (QED) is 0.855. The van der Waals surface area contributed by atoms with Gasteiger partial charge in [-0.1, -0.05) is 0 Å². The number of sulfonamides is 1. The number of halogens is 2. The Morgan fingerprint density at radius 1 is 1.31 bits per heavy atom. The summed E-state index contributed by atoms with van der Waals surface area (Å²) in [6.45, 7) is -0.0314. The van der Waals surface area contributed by atoms with Crippen molar-refractivity contribution in [1.29, 1.82) is 0 Å². The summed E-state index contributed by atoms with van der Waals surface area (Å²) in [6.07, 6.45) is 0. The van der Waals surface area contributed by atoms with E-state index in [1.165, 1.54) is 13.1 Å². The van der Waals surface area contributed by atoms with Gasteiger partial charge in [-0.15, -0.1) is 0 Å². The fourth-order valence-corrected chi connectivity index (χ4v) is 2.13. The number of hydrogen-bond donors (Lipinski definition) is 1. The maximum absolute atomic E-state index is 12.9. The van der Waals surface area contributed by atoms with Crippen molar-refractivity contribution in [2.75, 3.05) is 23.7 Å². The molecule has 1 rings (SSSR count). The van der Waals surface area contributed by atoms with Gasteiger partial charge in [0.05, 0.1) is 11.4 Å². The fourth-order valence-electron chi connectivity index (χ4n) is 1.13. The normalized spacial score (nSPS) is 11.5. The van der Waals surface area contributed by atoms with Crippen LogP contribution in [0.3, 0.4) is 0 Å². The minimum absolute atomic E-state index is 0.0314. The van der Waals surface area contributed by atoms with Gasteiger partial charge in [-0.2, -0.15) is 0 Å². The molecule has 7 heteroatoms. The zero-order valence-electron chi connectivity index (χ0n) is 8.65. The molecule has 0 aliphatic carbocycles. The van der Waals surface area contributed by atoms with Crippen molar-refractivity contribution in [2.24, 2.45) is 5.73 Å². The first kappa shape index (κ1) is 12.9. The molecule has 1 aromatic rings. The standard InChI is InChI=1S/C9H12F2N2O2S/c1-13(16(14,15)5-4-12)7-2-3-8(10)9(11)6-7/h2-3,6H,4-5,12H2,1H3. The summed E-state index contributed by atoms with van der Waals surface area (Å²) in [5, 5.41) is 0. The van der Waals surface area contributed by atoms with Gasteiger partial charge in [-0.05, 0) is 12.1 Å². The molecule has 0 atom stereocenters. The highest BCUT2D eigenvalue weighted by Crippen LogP contribution is 2.19. The van der Waals surface area contributed by atoms with Crippen molar-refractivity contribution in [3.05, 3.63) is 29.8 Å². The van der Waals surface area contributed by atoms with Crippen LogP contribution in [0, 0.1) is 11.6 Å². The van der Waals surface area contributed by atoms with Crippen LogP contribution in [0.15, 0.2) is 18.2 Å². The molecule has 2 N–H and O–H groups in total. The Morgan fingerprint density at radius 3 is 2.44 bits per heavy atom. The second-order valence-electron chi connectivity index (χ2n) is 3.17. The largest absolute Gasteiger partial charge is 0.329 e. The van der Waals surface area contributed by atoms with Gasteiger partial charge in [0.1, 0.15) is 0 Å². The molecule has 0 bridgehead atoms. The Hall–Kier alpha value is -1.21. The molecule has 0 spiro atoms. The SMILES string of the molecule is CN(c1ccc(F)c(F)c1)S(=O)(=O)CCN. The predicted octanol–water partition coefficient (Wildman–Crippen LogP) is 0.690. The molecular formula is C9H12F2N2O2S. The molecule has 0 saturated carbocycles. The van der Waals surface area contributed by atoms with Crippen LogP contribution in [-0.2, 0) is 10.0 Å². The average Bonchev–Trinajstić information content (AvgIpc) is 2.21. The lowest BCUT2D eigenvalue weighted by molar-refractivity contribution is 0.509. The van der Waals surface area contributed by atoms with E-state index < -0.39 is 21.7 Å². The first-order valence-corrected chi connectivity index (χ1v) is 6.11. The number of anilines is 1. The summed E-state index contributed by atoms with van der Waals surface area (Å²) < 4.78 is 49.5. The van der Waals surface area contributed by atoms with E-state index in [1.54, 1.807) is 0 Å². The van der Waals surface area contributed by atoms with Crippen molar-refractivity contribution in [2.45, 2.75) is 0 Å². The molecule has 16 heavy (non-hydrogen) atoms. The van der Waals surface area contributed by atoms with E-state index in [4.69, 9.17) is 5.73 Å². The van der Waals surface area contributed by atoms with Crippen LogP contribution < -0.4 is 10.0 Å². The summed E-state index contributed by atoms with van der Waals surface area (Å²) in [5.74, 6) is -2.36. The van der Waals surface area contributed by atoms with E-state index in [9.17, 15) is 17.2 Å². The molecule has 0 aliphatic rings. The Balaban J connectivity index is 3.05. The minimum atomic E-state index is -3.57. The molecule has 0 radical (unpaired) electrons. The van der Waals surface area contributed by atoms with Gasteiger partial charge in [0.2, 0.25) is 10.0 Å². The minimum Gasteiger partial charge on any atom is -0.329 e. The molecule has 0 heterocycles. The summed E-state index contributed by atoms with van der Waals surface area (Å²) in [7, 11) is -2.31. The van der Waals surface area contributed by atoms with Crippen LogP contribution in [0.25, 0.3) is 0 Å². The van der Waals surface area contributed by atoms with Crippen molar-refractivity contribution in [1.82, 2.24) is 0 Å². The van der Waals surface area contributed by atoms with Crippen LogP contribution in [-0.4, -0.2) is 27.8 Å². The third kappa shape index (κ3) is 2.67. The number of hydrogen-bond acceptors (Lipinski definition) is 3. The third-order valence-corrected chi connectivity index (χ3v) is 3.86. The topological polar surface area (TPSA) is 63.4 Å². The smallest absolute Gasteiger partial charge is 0.236 e. The van der Waals surface area contributed by atoms with E-state index in [0.717, 1.165) is 16.4 Å². The van der Waals surface area contributed by atoms with E-state index in [1.807, 2.05) is 0 Å². The lowest BCUT2D eigenvalue weighted by Gasteiger charge is -2.18. The number of nitrogens with two attached hydrogens (primary N) is 1. The zero-order valence-corrected chi connectivity index (χ0v) is 9.47. The molecule has 0 aromatic heterocycles. The number of benzene rings is 1. The summed E-state index contributed by atoms with van der Waals surface area (Å²) >= 11 is 0. The van der Waals surface area contributed by atoms with Gasteiger partial charge in [-0.3, -0.25) is 4.31 Å². The average molecular weight is 250 g/mol. The molecule has 0 amide bonds. The first-order valence-electron chi connectivity index (χ1n) is 4.50. The van der Waals surface area contributed by atoms with Crippen LogP contribution in [0.2, 0.25) is 0 Å². The van der Waals surface area contributed by atoms with Crippen LogP contribution in [0.5, 0.6) is 0 Å². The molecule has 90 valence electrons. The van der Waals surface area contributed by atoms with Gasteiger partial charge >= 0.3 is 0 Å². The molecule has 0 unspecified atom stereocenters. The van der Waals surface area contributed by atoms with Crippen molar-refractivity contribution in [3.63, 3.8) is 0 Å². The molecule has 0 saturated heterocycles. The third-order valence-electron chi connectivity index (χ3n) is 2.06. The van der Waals surface area contributed by atoms with Gasteiger partial charge in [0.15, 0.2) is 11.6 Å². The highest BCUT2D eigenvalue weighted by atomic mass is 32.2. The van der Waals surface area contributed by atoms with Gasteiger partial charge in [0.25, 0.3) is 0 Å². The van der Waals surface area contributed by atoms with E-state index >= 15 is 0 Å². The van der Waals surface area contributed by atoms with Gasteiger partial charge in [0, 0.05) is 19.7 Å². The van der Waals surface area contributed by atoms with Crippen molar-refractivity contribution >= 4 is 15.7 Å². The van der Waals surface area contributed by atoms with E-state index in [2.05, 4.69) is 0 Å². The van der Waals surface area contributed by atoms with Crippen LogP contribution >= 0.6 is 0 Å².